The summed E-state index contributed by atoms with van der Waals surface area (Å²) >= 11 is 0. The summed E-state index contributed by atoms with van der Waals surface area (Å²) in [6, 6.07) is 2.57. The largest absolute Gasteiger partial charge is 0.505 e. The number of nitrogens with two attached hydrogens (primary N) is 1. The second kappa shape index (κ2) is 2.35. The Morgan fingerprint density at radius 2 is 2.33 bits per heavy atom. The normalized spacial score (nSPS) is 20.3. The number of hydrogen-bond acceptors (Lipinski definition) is 3. The summed E-state index contributed by atoms with van der Waals surface area (Å²) in [5, 5.41) is 8.97. The van der Waals surface area contributed by atoms with Crippen molar-refractivity contribution in [2.45, 2.75) is 6.04 Å². The number of benzene rings is 1. The van der Waals surface area contributed by atoms with Crippen LogP contribution in [0.15, 0.2) is 12.1 Å². The Balaban J connectivity index is 2.60. The number of rotatable bonds is 0. The van der Waals surface area contributed by atoms with Crippen molar-refractivity contribution < 1.29 is 14.2 Å². The maximum atomic E-state index is 13.0. The summed E-state index contributed by atoms with van der Waals surface area (Å²) in [5.41, 5.74) is 6.21. The van der Waals surface area contributed by atoms with Crippen molar-refractivity contribution in [2.75, 3.05) is 6.61 Å². The predicted octanol–water partition coefficient (Wildman–Crippen LogP) is 0.923. The van der Waals surface area contributed by atoms with Gasteiger partial charge in [-0.1, -0.05) is 0 Å². The van der Waals surface area contributed by atoms with Crippen molar-refractivity contribution in [3.8, 4) is 11.5 Å². The van der Waals surface area contributed by atoms with Crippen molar-refractivity contribution in [3.05, 3.63) is 23.5 Å². The highest BCUT2D eigenvalue weighted by atomic mass is 19.1. The van der Waals surface area contributed by atoms with Crippen LogP contribution in [0, 0.1) is 5.82 Å². The Labute approximate surface area is 68.6 Å². The number of aromatic hydroxyl groups is 1. The molecule has 0 aliphatic carbocycles. The summed E-state index contributed by atoms with van der Waals surface area (Å²) in [6.45, 7) is 0.274. The lowest BCUT2D eigenvalue weighted by Gasteiger charge is -2.02. The lowest BCUT2D eigenvalue weighted by Crippen LogP contribution is -2.10. The zero-order valence-corrected chi connectivity index (χ0v) is 6.25. The lowest BCUT2D eigenvalue weighted by molar-refractivity contribution is 0.313. The van der Waals surface area contributed by atoms with Gasteiger partial charge in [0.05, 0.1) is 6.04 Å². The predicted molar refractivity (Wildman–Crippen MR) is 40.5 cm³/mol. The van der Waals surface area contributed by atoms with Gasteiger partial charge in [0.2, 0.25) is 5.82 Å². The fourth-order valence-electron chi connectivity index (χ4n) is 1.26. The van der Waals surface area contributed by atoms with Crippen LogP contribution in [0.5, 0.6) is 11.5 Å². The molecule has 1 unspecified atom stereocenters. The van der Waals surface area contributed by atoms with E-state index in [2.05, 4.69) is 0 Å². The van der Waals surface area contributed by atoms with Gasteiger partial charge in [-0.25, -0.2) is 0 Å². The molecule has 12 heavy (non-hydrogen) atoms. The molecular weight excluding hydrogens is 161 g/mol. The zero-order chi connectivity index (χ0) is 8.72. The molecular formula is C8H8FNO2. The van der Waals surface area contributed by atoms with Crippen molar-refractivity contribution in [3.63, 3.8) is 0 Å². The van der Waals surface area contributed by atoms with E-state index in [1.807, 2.05) is 0 Å². The SMILES string of the molecule is NC1COc2c1ccc(O)c2F. The molecule has 0 spiro atoms. The van der Waals surface area contributed by atoms with Gasteiger partial charge in [-0.2, -0.15) is 4.39 Å². The number of phenols is 1. The summed E-state index contributed by atoms with van der Waals surface area (Å²) in [6.07, 6.45) is 0. The van der Waals surface area contributed by atoms with E-state index in [9.17, 15) is 4.39 Å². The van der Waals surface area contributed by atoms with E-state index >= 15 is 0 Å². The topological polar surface area (TPSA) is 55.5 Å². The van der Waals surface area contributed by atoms with E-state index in [1.54, 1.807) is 6.07 Å². The molecule has 0 bridgehead atoms. The minimum Gasteiger partial charge on any atom is -0.505 e. The van der Waals surface area contributed by atoms with Gasteiger partial charge in [-0.05, 0) is 12.1 Å². The molecule has 0 fully saturated rings. The molecule has 1 aromatic carbocycles. The molecule has 0 saturated heterocycles. The number of ether oxygens (including phenoxy) is 1. The Bertz CT molecular complexity index is 327. The van der Waals surface area contributed by atoms with E-state index in [4.69, 9.17) is 15.6 Å². The van der Waals surface area contributed by atoms with Gasteiger partial charge in [0, 0.05) is 5.56 Å². The fourth-order valence-corrected chi connectivity index (χ4v) is 1.26. The summed E-state index contributed by atoms with van der Waals surface area (Å²) in [4.78, 5) is 0. The third-order valence-electron chi connectivity index (χ3n) is 1.91. The number of halogens is 1. The van der Waals surface area contributed by atoms with E-state index < -0.39 is 11.6 Å². The highest BCUT2D eigenvalue weighted by molar-refractivity contribution is 5.45. The van der Waals surface area contributed by atoms with Gasteiger partial charge in [-0.3, -0.25) is 0 Å². The molecule has 1 atom stereocenters. The monoisotopic (exact) mass is 169 g/mol. The van der Waals surface area contributed by atoms with Crippen LogP contribution in [0.3, 0.4) is 0 Å². The van der Waals surface area contributed by atoms with Gasteiger partial charge >= 0.3 is 0 Å². The van der Waals surface area contributed by atoms with Crippen LogP contribution < -0.4 is 10.5 Å². The second-order valence-corrected chi connectivity index (χ2v) is 2.73. The van der Waals surface area contributed by atoms with Crippen LogP contribution in [0.1, 0.15) is 11.6 Å². The van der Waals surface area contributed by atoms with Crippen molar-refractivity contribution in [2.24, 2.45) is 5.73 Å². The molecule has 3 N–H and O–H groups in total. The molecule has 1 aliphatic heterocycles. The van der Waals surface area contributed by atoms with Gasteiger partial charge < -0.3 is 15.6 Å². The van der Waals surface area contributed by atoms with Crippen LogP contribution in [-0.2, 0) is 0 Å². The fraction of sp³-hybridized carbons (Fsp3) is 0.250. The average Bonchev–Trinajstić information content (AvgIpc) is 2.41. The Morgan fingerprint density at radius 3 is 3.08 bits per heavy atom. The molecule has 1 aromatic rings. The highest BCUT2D eigenvalue weighted by Gasteiger charge is 2.25. The highest BCUT2D eigenvalue weighted by Crippen LogP contribution is 2.37. The van der Waals surface area contributed by atoms with Crippen LogP contribution >= 0.6 is 0 Å². The van der Waals surface area contributed by atoms with E-state index in [0.29, 0.717) is 5.56 Å². The van der Waals surface area contributed by atoms with Gasteiger partial charge in [-0.15, -0.1) is 0 Å². The minimum absolute atomic E-state index is 0.0856. The molecule has 1 heterocycles. The number of fused-ring (bicyclic) bond motifs is 1. The van der Waals surface area contributed by atoms with Crippen LogP contribution in [0.4, 0.5) is 4.39 Å². The molecule has 2 rings (SSSR count). The molecule has 0 amide bonds. The quantitative estimate of drug-likeness (QED) is 0.607. The molecule has 64 valence electrons. The van der Waals surface area contributed by atoms with Crippen LogP contribution in [-0.4, -0.2) is 11.7 Å². The average molecular weight is 169 g/mol. The summed E-state index contributed by atoms with van der Waals surface area (Å²) < 4.78 is 18.0. The Kier molecular flexibility index (Phi) is 1.44. The van der Waals surface area contributed by atoms with Crippen molar-refractivity contribution in [1.82, 2.24) is 0 Å². The smallest absolute Gasteiger partial charge is 0.206 e. The number of phenolic OH excluding ortho intramolecular Hbond substituents is 1. The minimum atomic E-state index is -0.722. The maximum Gasteiger partial charge on any atom is 0.206 e. The van der Waals surface area contributed by atoms with Gasteiger partial charge in [0.1, 0.15) is 6.61 Å². The van der Waals surface area contributed by atoms with E-state index in [1.165, 1.54) is 6.07 Å². The maximum absolute atomic E-state index is 13.0. The molecule has 1 aliphatic rings. The third kappa shape index (κ3) is 0.848. The number of hydrogen-bond donors (Lipinski definition) is 2. The standard InChI is InChI=1S/C8H8FNO2/c9-7-6(11)2-1-4-5(10)3-12-8(4)7/h1-2,5,11H,3,10H2. The van der Waals surface area contributed by atoms with Gasteiger partial charge in [0.15, 0.2) is 11.5 Å². The lowest BCUT2D eigenvalue weighted by atomic mass is 10.1. The van der Waals surface area contributed by atoms with Crippen LogP contribution in [0.2, 0.25) is 0 Å². The van der Waals surface area contributed by atoms with E-state index in [0.717, 1.165) is 0 Å². The Morgan fingerprint density at radius 1 is 1.58 bits per heavy atom. The van der Waals surface area contributed by atoms with Crippen molar-refractivity contribution in [1.29, 1.82) is 0 Å². The second-order valence-electron chi connectivity index (χ2n) is 2.73. The first kappa shape index (κ1) is 7.36. The van der Waals surface area contributed by atoms with Crippen molar-refractivity contribution >= 4 is 0 Å². The third-order valence-corrected chi connectivity index (χ3v) is 1.91. The molecule has 3 nitrogen and oxygen atoms in total. The first-order chi connectivity index (χ1) is 5.70. The molecule has 0 radical (unpaired) electrons. The van der Waals surface area contributed by atoms with Gasteiger partial charge in [0.25, 0.3) is 0 Å². The zero-order valence-electron chi connectivity index (χ0n) is 6.25. The molecule has 0 saturated carbocycles. The summed E-state index contributed by atoms with van der Waals surface area (Å²) in [5.74, 6) is -1.04. The first-order valence-electron chi connectivity index (χ1n) is 3.60. The van der Waals surface area contributed by atoms with Crippen LogP contribution in [0.25, 0.3) is 0 Å². The van der Waals surface area contributed by atoms with E-state index in [-0.39, 0.29) is 18.4 Å². The molecule has 4 heteroatoms. The first-order valence-corrected chi connectivity index (χ1v) is 3.60. The molecule has 0 aromatic heterocycles. The summed E-state index contributed by atoms with van der Waals surface area (Å²) in [7, 11) is 0. The Hall–Kier alpha value is -1.29.